The minimum atomic E-state index is -3.97. The SMILES string of the molecule is Cc1ccc(S(=O)(=O)N2C=CNC(=O)[C@H]2CC(=O)N[C@H]2CCCC[C@H]2C(C)(C)C)cc1. The molecule has 8 heteroatoms. The Balaban J connectivity index is 1.78. The molecule has 0 aromatic heterocycles. The highest BCUT2D eigenvalue weighted by Crippen LogP contribution is 2.38. The van der Waals surface area contributed by atoms with Gasteiger partial charge in [-0.2, -0.15) is 0 Å². The Morgan fingerprint density at radius 2 is 1.81 bits per heavy atom. The maximum Gasteiger partial charge on any atom is 0.264 e. The van der Waals surface area contributed by atoms with Gasteiger partial charge in [0.1, 0.15) is 6.04 Å². The number of amides is 2. The van der Waals surface area contributed by atoms with Crippen LogP contribution in [0.3, 0.4) is 0 Å². The molecule has 1 aliphatic heterocycles. The molecule has 3 atom stereocenters. The monoisotopic (exact) mass is 447 g/mol. The van der Waals surface area contributed by atoms with Crippen LogP contribution in [-0.4, -0.2) is 36.6 Å². The van der Waals surface area contributed by atoms with Crippen LogP contribution in [0.2, 0.25) is 0 Å². The van der Waals surface area contributed by atoms with E-state index in [-0.39, 0.29) is 28.7 Å². The lowest BCUT2D eigenvalue weighted by Crippen LogP contribution is -2.53. The first kappa shape index (κ1) is 23.3. The summed E-state index contributed by atoms with van der Waals surface area (Å²) in [4.78, 5) is 25.5. The number of sulfonamides is 1. The fourth-order valence-corrected chi connectivity index (χ4v) is 6.00. The van der Waals surface area contributed by atoms with Gasteiger partial charge in [0.25, 0.3) is 10.0 Å². The zero-order valence-electron chi connectivity index (χ0n) is 18.7. The number of carbonyl (C=O) groups excluding carboxylic acids is 2. The van der Waals surface area contributed by atoms with Crippen molar-refractivity contribution in [1.82, 2.24) is 14.9 Å². The molecular formula is C23H33N3O4S. The first-order valence-corrected chi connectivity index (χ1v) is 12.3. The Hall–Kier alpha value is -2.35. The summed E-state index contributed by atoms with van der Waals surface area (Å²) >= 11 is 0. The first-order chi connectivity index (χ1) is 14.5. The standard InChI is InChI=1S/C23H33N3O4S/c1-16-9-11-17(12-10-16)31(29,30)26-14-13-24-22(28)20(26)15-21(27)25-19-8-6-5-7-18(19)23(2,3)4/h9-14,18-20H,5-8,15H2,1-4H3,(H,24,28)(H,25,27)/t18-,19+,20-/m1/s1. The Bertz CT molecular complexity index is 948. The Labute approximate surface area is 185 Å². The maximum atomic E-state index is 13.2. The zero-order chi connectivity index (χ0) is 22.8. The second-order valence-corrected chi connectivity index (χ2v) is 11.5. The number of hydrogen-bond donors (Lipinski definition) is 2. The summed E-state index contributed by atoms with van der Waals surface area (Å²) in [6.45, 7) is 8.40. The Morgan fingerprint density at radius 3 is 2.45 bits per heavy atom. The van der Waals surface area contributed by atoms with E-state index in [1.165, 1.54) is 24.5 Å². The van der Waals surface area contributed by atoms with Crippen molar-refractivity contribution >= 4 is 21.8 Å². The number of rotatable bonds is 5. The van der Waals surface area contributed by atoms with E-state index < -0.39 is 22.0 Å². The van der Waals surface area contributed by atoms with Crippen molar-refractivity contribution in [3.05, 3.63) is 42.2 Å². The van der Waals surface area contributed by atoms with E-state index in [0.717, 1.165) is 35.6 Å². The lowest BCUT2D eigenvalue weighted by atomic mass is 9.69. The van der Waals surface area contributed by atoms with Gasteiger partial charge >= 0.3 is 0 Å². The van der Waals surface area contributed by atoms with Crippen LogP contribution in [0.15, 0.2) is 41.6 Å². The van der Waals surface area contributed by atoms with Gasteiger partial charge in [0.05, 0.1) is 11.3 Å². The third-order valence-electron chi connectivity index (χ3n) is 6.26. The second-order valence-electron chi connectivity index (χ2n) is 9.62. The minimum Gasteiger partial charge on any atom is -0.353 e. The summed E-state index contributed by atoms with van der Waals surface area (Å²) in [5, 5.41) is 5.63. The predicted molar refractivity (Wildman–Crippen MR) is 119 cm³/mol. The van der Waals surface area contributed by atoms with Crippen LogP contribution in [0, 0.1) is 18.3 Å². The number of carbonyl (C=O) groups is 2. The number of nitrogens with one attached hydrogen (secondary N) is 2. The molecule has 0 bridgehead atoms. The van der Waals surface area contributed by atoms with Gasteiger partial charge in [0.15, 0.2) is 0 Å². The molecule has 0 radical (unpaired) electrons. The van der Waals surface area contributed by atoms with Crippen LogP contribution < -0.4 is 10.6 Å². The molecule has 1 saturated carbocycles. The average molecular weight is 448 g/mol. The average Bonchev–Trinajstić information content (AvgIpc) is 2.69. The molecule has 2 aliphatic rings. The molecule has 2 N–H and O–H groups in total. The molecule has 3 rings (SSSR count). The lowest BCUT2D eigenvalue weighted by molar-refractivity contribution is -0.130. The lowest BCUT2D eigenvalue weighted by Gasteiger charge is -2.41. The minimum absolute atomic E-state index is 0.0330. The van der Waals surface area contributed by atoms with E-state index in [1.807, 2.05) is 6.92 Å². The van der Waals surface area contributed by atoms with Crippen molar-refractivity contribution in [2.45, 2.75) is 76.8 Å². The molecule has 7 nitrogen and oxygen atoms in total. The molecule has 1 fully saturated rings. The summed E-state index contributed by atoms with van der Waals surface area (Å²) < 4.78 is 27.3. The summed E-state index contributed by atoms with van der Waals surface area (Å²) in [5.41, 5.74) is 0.993. The fraction of sp³-hybridized carbons (Fsp3) is 0.565. The van der Waals surface area contributed by atoms with E-state index in [0.29, 0.717) is 5.92 Å². The van der Waals surface area contributed by atoms with Crippen molar-refractivity contribution in [2.75, 3.05) is 0 Å². The zero-order valence-corrected chi connectivity index (χ0v) is 19.5. The number of hydrogen-bond acceptors (Lipinski definition) is 4. The summed E-state index contributed by atoms with van der Waals surface area (Å²) in [7, 11) is -3.97. The maximum absolute atomic E-state index is 13.2. The molecular weight excluding hydrogens is 414 g/mol. The molecule has 31 heavy (non-hydrogen) atoms. The highest BCUT2D eigenvalue weighted by atomic mass is 32.2. The van der Waals surface area contributed by atoms with Crippen LogP contribution in [0.5, 0.6) is 0 Å². The van der Waals surface area contributed by atoms with Crippen LogP contribution >= 0.6 is 0 Å². The van der Waals surface area contributed by atoms with Crippen LogP contribution in [0.25, 0.3) is 0 Å². The normalized spacial score (nSPS) is 24.6. The van der Waals surface area contributed by atoms with E-state index in [4.69, 9.17) is 0 Å². The molecule has 1 aromatic carbocycles. The quantitative estimate of drug-likeness (QED) is 0.725. The van der Waals surface area contributed by atoms with E-state index in [9.17, 15) is 18.0 Å². The molecule has 2 amide bonds. The number of benzene rings is 1. The van der Waals surface area contributed by atoms with Gasteiger partial charge in [0, 0.05) is 18.4 Å². The summed E-state index contributed by atoms with van der Waals surface area (Å²) in [5.74, 6) is -0.470. The highest BCUT2D eigenvalue weighted by Gasteiger charge is 2.39. The Morgan fingerprint density at radius 1 is 1.16 bits per heavy atom. The van der Waals surface area contributed by atoms with Gasteiger partial charge in [-0.25, -0.2) is 8.42 Å². The molecule has 0 saturated heterocycles. The van der Waals surface area contributed by atoms with Crippen LogP contribution in [0.4, 0.5) is 0 Å². The second kappa shape index (κ2) is 9.02. The summed E-state index contributed by atoms with van der Waals surface area (Å²) in [6, 6.07) is 5.34. The largest absolute Gasteiger partial charge is 0.353 e. The van der Waals surface area contributed by atoms with Gasteiger partial charge in [-0.1, -0.05) is 51.3 Å². The third kappa shape index (κ3) is 5.29. The van der Waals surface area contributed by atoms with Gasteiger partial charge in [0.2, 0.25) is 11.8 Å². The summed E-state index contributed by atoms with van der Waals surface area (Å²) in [6.07, 6.45) is 6.52. The van der Waals surface area contributed by atoms with Gasteiger partial charge in [-0.15, -0.1) is 0 Å². The predicted octanol–water partition coefficient (Wildman–Crippen LogP) is 3.07. The third-order valence-corrected chi connectivity index (χ3v) is 8.06. The molecule has 0 unspecified atom stereocenters. The molecule has 0 spiro atoms. The van der Waals surface area contributed by atoms with Gasteiger partial charge in [-0.3, -0.25) is 13.9 Å². The molecule has 1 heterocycles. The molecule has 1 aromatic rings. The fourth-order valence-electron chi connectivity index (χ4n) is 4.55. The number of aryl methyl sites for hydroxylation is 1. The van der Waals surface area contributed by atoms with E-state index in [2.05, 4.69) is 31.4 Å². The molecule has 170 valence electrons. The Kier molecular flexibility index (Phi) is 6.79. The first-order valence-electron chi connectivity index (χ1n) is 10.9. The van der Waals surface area contributed by atoms with E-state index in [1.54, 1.807) is 12.1 Å². The van der Waals surface area contributed by atoms with Gasteiger partial charge < -0.3 is 10.6 Å². The highest BCUT2D eigenvalue weighted by molar-refractivity contribution is 7.89. The van der Waals surface area contributed by atoms with Crippen molar-refractivity contribution in [3.63, 3.8) is 0 Å². The van der Waals surface area contributed by atoms with Crippen molar-refractivity contribution < 1.29 is 18.0 Å². The van der Waals surface area contributed by atoms with Gasteiger partial charge in [-0.05, 0) is 43.2 Å². The number of nitrogens with zero attached hydrogens (tertiary/aromatic N) is 1. The topological polar surface area (TPSA) is 95.6 Å². The molecule has 1 aliphatic carbocycles. The van der Waals surface area contributed by atoms with Crippen molar-refractivity contribution in [3.8, 4) is 0 Å². The van der Waals surface area contributed by atoms with Crippen LogP contribution in [-0.2, 0) is 19.6 Å². The van der Waals surface area contributed by atoms with Crippen molar-refractivity contribution in [1.29, 1.82) is 0 Å². The van der Waals surface area contributed by atoms with Crippen LogP contribution in [0.1, 0.15) is 58.4 Å². The van der Waals surface area contributed by atoms with Crippen molar-refractivity contribution in [2.24, 2.45) is 11.3 Å². The van der Waals surface area contributed by atoms with E-state index >= 15 is 0 Å². The smallest absolute Gasteiger partial charge is 0.264 e.